The molecule has 16 nitrogen and oxygen atoms in total. The summed E-state index contributed by atoms with van der Waals surface area (Å²) >= 11 is 0. The Kier molecular flexibility index (Phi) is 5.12. The zero-order valence-corrected chi connectivity index (χ0v) is 24.0. The van der Waals surface area contributed by atoms with Crippen molar-refractivity contribution < 1.29 is 40.9 Å². The standard InChI is InChI=1S/C32H20N8O8/c41-17-1-9-10(2-18(17)42)26-33-25(9)37-27-11-3-19(43)20(44)4-12(11)29(34-27)39-31-15-7-23(47)24(48)8-16(15)32(36-31)40-30-14-6-22(46)21(45)5-13(14)28(35-30)38-26/h1-8,41-48H,(H4,33,34,35,36,37,38,39,40). The summed E-state index contributed by atoms with van der Waals surface area (Å²) in [5, 5.41) is 86.1. The lowest BCUT2D eigenvalue weighted by molar-refractivity contribution is 0.405. The molecule has 4 aromatic carbocycles. The average molecular weight is 645 g/mol. The number of hydrogen-bond donors (Lipinski definition) is 12. The smallest absolute Gasteiger partial charge is 0.158 e. The molecule has 1 aliphatic heterocycles. The first kappa shape index (κ1) is 27.0. The number of phenolic OH excluding ortho intramolecular Hbond substituents is 8. The van der Waals surface area contributed by atoms with Gasteiger partial charge in [0.25, 0.3) is 0 Å². The molecule has 0 radical (unpaired) electrons. The maximum atomic E-state index is 10.4. The third-order valence-corrected chi connectivity index (χ3v) is 8.34. The van der Waals surface area contributed by atoms with Gasteiger partial charge in [-0.25, -0.2) is 20.0 Å². The van der Waals surface area contributed by atoms with E-state index >= 15 is 0 Å². The van der Waals surface area contributed by atoms with Crippen LogP contribution in [0, 0.1) is 0 Å². The van der Waals surface area contributed by atoms with Crippen LogP contribution in [0.15, 0.2) is 68.5 Å². The lowest BCUT2D eigenvalue weighted by Gasteiger charge is -1.99. The normalized spacial score (nSPS) is 12.7. The largest absolute Gasteiger partial charge is 0.504 e. The molecule has 16 heteroatoms. The van der Waals surface area contributed by atoms with Gasteiger partial charge in [-0.15, -0.1) is 0 Å². The Morgan fingerprint density at radius 2 is 0.458 bits per heavy atom. The van der Waals surface area contributed by atoms with Crippen LogP contribution in [-0.2, 0) is 0 Å². The molecule has 0 amide bonds. The van der Waals surface area contributed by atoms with Gasteiger partial charge in [-0.05, 0) is 48.5 Å². The second kappa shape index (κ2) is 9.10. The maximum Gasteiger partial charge on any atom is 0.158 e. The van der Waals surface area contributed by atoms with Gasteiger partial charge in [0.2, 0.25) is 0 Å². The van der Waals surface area contributed by atoms with Gasteiger partial charge in [-0.3, -0.25) is 0 Å². The molecular formula is C32H20N8O8. The van der Waals surface area contributed by atoms with E-state index in [9.17, 15) is 40.9 Å². The van der Waals surface area contributed by atoms with Crippen molar-refractivity contribution in [1.82, 2.24) is 19.9 Å². The second-order valence-corrected chi connectivity index (χ2v) is 11.3. The summed E-state index contributed by atoms with van der Waals surface area (Å²) in [6, 6.07) is 10.4. The molecule has 0 fully saturated rings. The van der Waals surface area contributed by atoms with E-state index in [0.29, 0.717) is 43.1 Å². The molecule has 0 saturated heterocycles. The zero-order chi connectivity index (χ0) is 33.2. The highest BCUT2D eigenvalue weighted by Crippen LogP contribution is 2.42. The number of nitrogens with one attached hydrogen (secondary N) is 4. The van der Waals surface area contributed by atoms with E-state index in [1.54, 1.807) is 0 Å². The van der Waals surface area contributed by atoms with Crippen molar-refractivity contribution in [3.05, 3.63) is 70.5 Å². The number of aromatic hydroxyl groups is 8. The molecule has 0 atom stereocenters. The number of phenols is 8. The molecule has 4 aromatic heterocycles. The minimum Gasteiger partial charge on any atom is -0.504 e. The molecule has 48 heavy (non-hydrogen) atoms. The van der Waals surface area contributed by atoms with E-state index in [0.717, 1.165) is 0 Å². The molecule has 1 aliphatic rings. The molecule has 0 saturated carbocycles. The highest BCUT2D eigenvalue weighted by Gasteiger charge is 2.19. The SMILES string of the molecule is Oc1cc2c3[nH]c(c2cc1O)N=c1[nH]c(c2cc(O)c(O)cc12)=Nc1[nH]c(c2cc(O)c(O)cc12)N=c1[nH]c(c2cc(O)c(O)cc12)=N3. The number of aromatic nitrogens is 4. The van der Waals surface area contributed by atoms with E-state index in [-0.39, 0.29) is 45.2 Å². The van der Waals surface area contributed by atoms with Gasteiger partial charge in [0, 0.05) is 43.1 Å². The van der Waals surface area contributed by atoms with Crippen molar-refractivity contribution in [1.29, 1.82) is 0 Å². The third-order valence-electron chi connectivity index (χ3n) is 8.34. The number of rotatable bonds is 0. The summed E-state index contributed by atoms with van der Waals surface area (Å²) in [5.41, 5.74) is 0.732. The molecule has 8 aromatic rings. The van der Waals surface area contributed by atoms with Crippen LogP contribution >= 0.6 is 0 Å². The Hall–Kier alpha value is -7.36. The van der Waals surface area contributed by atoms with Crippen molar-refractivity contribution in [2.75, 3.05) is 0 Å². The first-order valence-corrected chi connectivity index (χ1v) is 14.2. The van der Waals surface area contributed by atoms with Crippen LogP contribution in [0.2, 0.25) is 0 Å². The van der Waals surface area contributed by atoms with Crippen LogP contribution in [-0.4, -0.2) is 60.8 Å². The van der Waals surface area contributed by atoms with Crippen molar-refractivity contribution in [3.63, 3.8) is 0 Å². The van der Waals surface area contributed by atoms with Crippen LogP contribution in [0.4, 0.5) is 23.3 Å². The molecular weight excluding hydrogens is 624 g/mol. The quantitative estimate of drug-likeness (QED) is 0.108. The predicted octanol–water partition coefficient (Wildman–Crippen LogP) is 3.38. The summed E-state index contributed by atoms with van der Waals surface area (Å²) in [7, 11) is 0. The Balaban J connectivity index is 1.52. The number of benzene rings is 4. The fourth-order valence-corrected chi connectivity index (χ4v) is 6.01. The van der Waals surface area contributed by atoms with E-state index in [1.165, 1.54) is 48.5 Å². The molecule has 5 heterocycles. The number of fused-ring (bicyclic) bond motifs is 20. The average Bonchev–Trinajstić information content (AvgIpc) is 3.74. The lowest BCUT2D eigenvalue weighted by Crippen LogP contribution is -2.10. The zero-order valence-electron chi connectivity index (χ0n) is 24.0. The van der Waals surface area contributed by atoms with E-state index in [1.807, 2.05) is 0 Å². The molecule has 0 spiro atoms. The van der Waals surface area contributed by atoms with E-state index < -0.39 is 46.0 Å². The molecule has 0 unspecified atom stereocenters. The Morgan fingerprint density at radius 1 is 0.271 bits per heavy atom. The molecule has 12 N–H and O–H groups in total. The van der Waals surface area contributed by atoms with Crippen LogP contribution in [0.1, 0.15) is 0 Å². The maximum absolute atomic E-state index is 10.4. The Bertz CT molecular complexity index is 2610. The van der Waals surface area contributed by atoms with Gasteiger partial charge in [-0.1, -0.05) is 0 Å². The first-order chi connectivity index (χ1) is 23.0. The fraction of sp³-hybridized carbons (Fsp3) is 0. The molecule has 236 valence electrons. The van der Waals surface area contributed by atoms with Crippen LogP contribution in [0.5, 0.6) is 46.0 Å². The topological polar surface area (TPSA) is 274 Å². The first-order valence-electron chi connectivity index (χ1n) is 14.2. The third kappa shape index (κ3) is 3.76. The highest BCUT2D eigenvalue weighted by molar-refractivity contribution is 6.03. The van der Waals surface area contributed by atoms with Crippen molar-refractivity contribution in [2.45, 2.75) is 0 Å². The van der Waals surface area contributed by atoms with Crippen molar-refractivity contribution in [2.24, 2.45) is 20.0 Å². The Labute approximate surface area is 263 Å². The summed E-state index contributed by atoms with van der Waals surface area (Å²) in [4.78, 5) is 31.4. The number of aromatic amines is 4. The van der Waals surface area contributed by atoms with Crippen LogP contribution in [0.25, 0.3) is 43.1 Å². The van der Waals surface area contributed by atoms with Crippen LogP contribution in [0.3, 0.4) is 0 Å². The van der Waals surface area contributed by atoms with Crippen molar-refractivity contribution >= 4 is 66.4 Å². The number of hydrogen-bond acceptors (Lipinski definition) is 12. The molecule has 0 aliphatic carbocycles. The van der Waals surface area contributed by atoms with Gasteiger partial charge < -0.3 is 60.8 Å². The van der Waals surface area contributed by atoms with Crippen molar-refractivity contribution in [3.8, 4) is 46.0 Å². The lowest BCUT2D eigenvalue weighted by atomic mass is 10.1. The van der Waals surface area contributed by atoms with Gasteiger partial charge in [-0.2, -0.15) is 0 Å². The minimum absolute atomic E-state index is 0.183. The Morgan fingerprint density at radius 3 is 0.667 bits per heavy atom. The van der Waals surface area contributed by atoms with Gasteiger partial charge in [0.05, 0.1) is 0 Å². The van der Waals surface area contributed by atoms with Gasteiger partial charge in [0.1, 0.15) is 45.2 Å². The number of nitrogens with zero attached hydrogens (tertiary/aromatic N) is 4. The number of H-pyrrole nitrogens is 4. The van der Waals surface area contributed by atoms with E-state index in [2.05, 4.69) is 19.9 Å². The second-order valence-electron chi connectivity index (χ2n) is 11.3. The van der Waals surface area contributed by atoms with Gasteiger partial charge >= 0.3 is 0 Å². The van der Waals surface area contributed by atoms with E-state index in [4.69, 9.17) is 20.0 Å². The summed E-state index contributed by atoms with van der Waals surface area (Å²) < 4.78 is 0. The molecule has 8 bridgehead atoms. The fourth-order valence-electron chi connectivity index (χ4n) is 6.01. The summed E-state index contributed by atoms with van der Waals surface area (Å²) in [5.74, 6) is -2.60. The molecule has 9 rings (SSSR count). The minimum atomic E-state index is -0.416. The predicted molar refractivity (Wildman–Crippen MR) is 170 cm³/mol. The summed E-state index contributed by atoms with van der Waals surface area (Å²) in [6.45, 7) is 0. The monoisotopic (exact) mass is 644 g/mol. The highest BCUT2D eigenvalue weighted by atomic mass is 16.3. The summed E-state index contributed by atoms with van der Waals surface area (Å²) in [6.07, 6.45) is 0. The van der Waals surface area contributed by atoms with Gasteiger partial charge in [0.15, 0.2) is 46.0 Å². The van der Waals surface area contributed by atoms with Crippen LogP contribution < -0.4 is 22.0 Å².